The molecule has 0 spiro atoms. The molecular weight excluding hydrogens is 248 g/mol. The molecule has 0 amide bonds. The minimum Gasteiger partial charge on any atom is -0.328 e. The minimum atomic E-state index is 0.100. The number of aromatic nitrogens is 3. The zero-order valence-electron chi connectivity index (χ0n) is 12.3. The summed E-state index contributed by atoms with van der Waals surface area (Å²) in [7, 11) is 0. The van der Waals surface area contributed by atoms with Crippen molar-refractivity contribution in [3.63, 3.8) is 0 Å². The van der Waals surface area contributed by atoms with Gasteiger partial charge in [0.1, 0.15) is 0 Å². The molecule has 108 valence electrons. The maximum Gasteiger partial charge on any atom is 0.152 e. The van der Waals surface area contributed by atoms with Gasteiger partial charge in [0.25, 0.3) is 0 Å². The van der Waals surface area contributed by atoms with Gasteiger partial charge in [-0.25, -0.2) is 4.98 Å². The highest BCUT2D eigenvalue weighted by molar-refractivity contribution is 5.20. The molecule has 0 aliphatic heterocycles. The van der Waals surface area contributed by atoms with Crippen molar-refractivity contribution < 1.29 is 0 Å². The van der Waals surface area contributed by atoms with Crippen molar-refractivity contribution in [2.75, 3.05) is 0 Å². The molecule has 0 radical (unpaired) electrons. The first kappa shape index (κ1) is 12.7. The van der Waals surface area contributed by atoms with Crippen LogP contribution >= 0.6 is 0 Å². The molecule has 20 heavy (non-hydrogen) atoms. The Morgan fingerprint density at radius 3 is 2.35 bits per heavy atom. The van der Waals surface area contributed by atoms with Crippen LogP contribution in [0.15, 0.2) is 6.20 Å². The SMILES string of the molecule is CC(N)Cc1nncc(C23CC4CC(CC(C4)C2)C3)n1. The van der Waals surface area contributed by atoms with Crippen LogP contribution in [0.2, 0.25) is 0 Å². The molecule has 5 rings (SSSR count). The van der Waals surface area contributed by atoms with Crippen molar-refractivity contribution in [2.24, 2.45) is 23.5 Å². The first-order valence-corrected chi connectivity index (χ1v) is 8.08. The smallest absolute Gasteiger partial charge is 0.152 e. The second-order valence-electron chi connectivity index (χ2n) is 7.64. The number of hydrogen-bond acceptors (Lipinski definition) is 4. The summed E-state index contributed by atoms with van der Waals surface area (Å²) in [6.45, 7) is 2.00. The molecule has 0 aromatic carbocycles. The molecule has 1 aromatic rings. The van der Waals surface area contributed by atoms with Crippen LogP contribution in [0, 0.1) is 17.8 Å². The van der Waals surface area contributed by atoms with Gasteiger partial charge in [0.15, 0.2) is 5.82 Å². The molecular formula is C16H24N4. The van der Waals surface area contributed by atoms with Crippen LogP contribution in [-0.4, -0.2) is 21.2 Å². The summed E-state index contributed by atoms with van der Waals surface area (Å²) in [4.78, 5) is 4.85. The molecule has 1 aromatic heterocycles. The Hall–Kier alpha value is -1.03. The van der Waals surface area contributed by atoms with Gasteiger partial charge < -0.3 is 5.73 Å². The largest absolute Gasteiger partial charge is 0.328 e. The van der Waals surface area contributed by atoms with Gasteiger partial charge in [0.05, 0.1) is 11.9 Å². The van der Waals surface area contributed by atoms with E-state index in [1.54, 1.807) is 0 Å². The summed E-state index contributed by atoms with van der Waals surface area (Å²) in [6, 6.07) is 0.100. The highest BCUT2D eigenvalue weighted by Crippen LogP contribution is 2.60. The third kappa shape index (κ3) is 2.05. The van der Waals surface area contributed by atoms with Crippen LogP contribution in [-0.2, 0) is 11.8 Å². The van der Waals surface area contributed by atoms with E-state index in [-0.39, 0.29) is 6.04 Å². The molecule has 1 unspecified atom stereocenters. The summed E-state index contributed by atoms with van der Waals surface area (Å²) < 4.78 is 0. The number of hydrogen-bond donors (Lipinski definition) is 1. The molecule has 4 fully saturated rings. The first-order chi connectivity index (χ1) is 9.63. The minimum absolute atomic E-state index is 0.100. The lowest BCUT2D eigenvalue weighted by Gasteiger charge is -2.56. The quantitative estimate of drug-likeness (QED) is 0.916. The predicted octanol–water partition coefficient (Wildman–Crippen LogP) is 2.23. The van der Waals surface area contributed by atoms with Gasteiger partial charge in [0, 0.05) is 17.9 Å². The summed E-state index contributed by atoms with van der Waals surface area (Å²) in [5, 5.41) is 8.39. The van der Waals surface area contributed by atoms with Crippen molar-refractivity contribution >= 4 is 0 Å². The van der Waals surface area contributed by atoms with Gasteiger partial charge in [-0.15, -0.1) is 5.10 Å². The van der Waals surface area contributed by atoms with Crippen LogP contribution in [0.3, 0.4) is 0 Å². The van der Waals surface area contributed by atoms with Crippen molar-refractivity contribution in [2.45, 2.75) is 63.3 Å². The third-order valence-electron chi connectivity index (χ3n) is 5.69. The molecule has 4 nitrogen and oxygen atoms in total. The molecule has 4 heteroatoms. The van der Waals surface area contributed by atoms with Gasteiger partial charge >= 0.3 is 0 Å². The Morgan fingerprint density at radius 1 is 1.20 bits per heavy atom. The Morgan fingerprint density at radius 2 is 1.80 bits per heavy atom. The van der Waals surface area contributed by atoms with E-state index in [1.165, 1.54) is 44.2 Å². The number of nitrogens with zero attached hydrogens (tertiary/aromatic N) is 3. The molecule has 0 saturated heterocycles. The Labute approximate surface area is 120 Å². The van der Waals surface area contributed by atoms with Crippen LogP contribution < -0.4 is 5.73 Å². The second kappa shape index (κ2) is 4.48. The van der Waals surface area contributed by atoms with Crippen LogP contribution in [0.25, 0.3) is 0 Å². The van der Waals surface area contributed by atoms with Crippen LogP contribution in [0.1, 0.15) is 57.0 Å². The molecule has 4 saturated carbocycles. The summed E-state index contributed by atoms with van der Waals surface area (Å²) >= 11 is 0. The van der Waals surface area contributed by atoms with E-state index in [1.807, 2.05) is 13.1 Å². The van der Waals surface area contributed by atoms with E-state index in [2.05, 4.69) is 10.2 Å². The molecule has 4 aliphatic rings. The van der Waals surface area contributed by atoms with Crippen molar-refractivity contribution in [1.29, 1.82) is 0 Å². The predicted molar refractivity (Wildman–Crippen MR) is 77.0 cm³/mol. The molecule has 2 N–H and O–H groups in total. The summed E-state index contributed by atoms with van der Waals surface area (Å²) in [6.07, 6.45) is 11.0. The van der Waals surface area contributed by atoms with Crippen molar-refractivity contribution in [3.05, 3.63) is 17.7 Å². The van der Waals surface area contributed by atoms with E-state index in [4.69, 9.17) is 10.7 Å². The van der Waals surface area contributed by atoms with Crippen LogP contribution in [0.5, 0.6) is 0 Å². The van der Waals surface area contributed by atoms with Gasteiger partial charge in [-0.3, -0.25) is 0 Å². The topological polar surface area (TPSA) is 64.7 Å². The monoisotopic (exact) mass is 272 g/mol. The fourth-order valence-corrected chi connectivity index (χ4v) is 5.39. The van der Waals surface area contributed by atoms with Gasteiger partial charge in [-0.05, 0) is 63.2 Å². The van der Waals surface area contributed by atoms with E-state index in [9.17, 15) is 0 Å². The summed E-state index contributed by atoms with van der Waals surface area (Å²) in [5.74, 6) is 3.64. The average molecular weight is 272 g/mol. The fourth-order valence-electron chi connectivity index (χ4n) is 5.39. The zero-order valence-corrected chi connectivity index (χ0v) is 12.3. The molecule has 4 bridgehead atoms. The van der Waals surface area contributed by atoms with E-state index < -0.39 is 0 Å². The van der Waals surface area contributed by atoms with Gasteiger partial charge in [-0.2, -0.15) is 5.10 Å². The summed E-state index contributed by atoms with van der Waals surface area (Å²) in [5.41, 5.74) is 7.40. The number of nitrogens with two attached hydrogens (primary N) is 1. The van der Waals surface area contributed by atoms with E-state index in [0.29, 0.717) is 5.41 Å². The standard InChI is InChI=1S/C16H24N4/c1-10(17)2-15-19-14(9-18-20-15)16-6-11-3-12(7-16)5-13(4-11)8-16/h9-13H,2-8,17H2,1H3. The Bertz CT molecular complexity index is 476. The molecule has 1 heterocycles. The lowest BCUT2D eigenvalue weighted by Crippen LogP contribution is -2.49. The Balaban J connectivity index is 1.66. The highest BCUT2D eigenvalue weighted by atomic mass is 15.1. The maximum absolute atomic E-state index is 5.87. The van der Waals surface area contributed by atoms with E-state index >= 15 is 0 Å². The first-order valence-electron chi connectivity index (χ1n) is 8.08. The zero-order chi connectivity index (χ0) is 13.7. The molecule has 1 atom stereocenters. The normalized spacial score (nSPS) is 40.0. The van der Waals surface area contributed by atoms with E-state index in [0.717, 1.165) is 30.0 Å². The Kier molecular flexibility index (Phi) is 2.85. The van der Waals surface area contributed by atoms with Crippen LogP contribution in [0.4, 0.5) is 0 Å². The second-order valence-corrected chi connectivity index (χ2v) is 7.64. The maximum atomic E-state index is 5.87. The van der Waals surface area contributed by atoms with Crippen molar-refractivity contribution in [1.82, 2.24) is 15.2 Å². The van der Waals surface area contributed by atoms with Crippen molar-refractivity contribution in [3.8, 4) is 0 Å². The third-order valence-corrected chi connectivity index (χ3v) is 5.69. The number of rotatable bonds is 3. The highest BCUT2D eigenvalue weighted by Gasteiger charge is 2.52. The lowest BCUT2D eigenvalue weighted by atomic mass is 9.49. The fraction of sp³-hybridized carbons (Fsp3) is 0.812. The molecule has 4 aliphatic carbocycles. The van der Waals surface area contributed by atoms with Gasteiger partial charge in [-0.1, -0.05) is 0 Å². The average Bonchev–Trinajstić information content (AvgIpc) is 2.36. The van der Waals surface area contributed by atoms with Gasteiger partial charge in [0.2, 0.25) is 0 Å². The lowest BCUT2D eigenvalue weighted by molar-refractivity contribution is -0.00759.